The van der Waals surface area contributed by atoms with Gasteiger partial charge in [0.1, 0.15) is 0 Å². The van der Waals surface area contributed by atoms with E-state index in [1.807, 2.05) is 25.1 Å². The summed E-state index contributed by atoms with van der Waals surface area (Å²) in [6.07, 6.45) is 1.80. The maximum atomic E-state index is 12.9. The highest BCUT2D eigenvalue weighted by molar-refractivity contribution is 7.92. The lowest BCUT2D eigenvalue weighted by Crippen LogP contribution is -2.28. The van der Waals surface area contributed by atoms with Crippen LogP contribution in [0.5, 0.6) is 0 Å². The topological polar surface area (TPSA) is 105 Å². The molecular weight excluding hydrogens is 450 g/mol. The van der Waals surface area contributed by atoms with Gasteiger partial charge in [0.2, 0.25) is 0 Å². The van der Waals surface area contributed by atoms with Gasteiger partial charge >= 0.3 is 0 Å². The number of carbonyl (C=O) groups excluding carboxylic acids is 1. The molecule has 0 spiro atoms. The summed E-state index contributed by atoms with van der Waals surface area (Å²) >= 11 is 6.22. The van der Waals surface area contributed by atoms with Crippen molar-refractivity contribution in [3.8, 4) is 0 Å². The van der Waals surface area contributed by atoms with E-state index in [4.69, 9.17) is 11.6 Å². The number of amides is 1. The largest absolute Gasteiger partial charge is 0.342 e. The number of aryl methyl sites for hydroxylation is 1. The van der Waals surface area contributed by atoms with Gasteiger partial charge in [-0.05, 0) is 61.9 Å². The molecular formula is C22H20ClN5O3S. The number of nitrogens with one attached hydrogen (secondary N) is 2. The van der Waals surface area contributed by atoms with Crippen molar-refractivity contribution in [1.29, 1.82) is 0 Å². The van der Waals surface area contributed by atoms with E-state index in [0.29, 0.717) is 17.2 Å². The zero-order valence-corrected chi connectivity index (χ0v) is 18.9. The Hall–Kier alpha value is -3.43. The third kappa shape index (κ3) is 4.44. The Bertz CT molecular complexity index is 1420. The van der Waals surface area contributed by atoms with Crippen LogP contribution in [0, 0.1) is 6.92 Å². The van der Waals surface area contributed by atoms with Gasteiger partial charge in [-0.25, -0.2) is 8.42 Å². The van der Waals surface area contributed by atoms with Crippen LogP contribution in [0.4, 0.5) is 5.69 Å². The lowest BCUT2D eigenvalue weighted by molar-refractivity contribution is 0.0938. The van der Waals surface area contributed by atoms with Crippen LogP contribution in [0.2, 0.25) is 5.02 Å². The summed E-state index contributed by atoms with van der Waals surface area (Å²) in [7, 11) is -3.92. The first-order valence-corrected chi connectivity index (χ1v) is 11.6. The lowest BCUT2D eigenvalue weighted by Gasteiger charge is -2.14. The molecule has 10 heteroatoms. The number of hydrogen-bond acceptors (Lipinski definition) is 5. The van der Waals surface area contributed by atoms with E-state index in [9.17, 15) is 13.2 Å². The molecule has 4 aromatic rings. The molecule has 1 amide bonds. The fourth-order valence-corrected chi connectivity index (χ4v) is 4.54. The van der Waals surface area contributed by atoms with Crippen LogP contribution in [0.15, 0.2) is 71.8 Å². The van der Waals surface area contributed by atoms with Gasteiger partial charge < -0.3 is 5.32 Å². The van der Waals surface area contributed by atoms with E-state index in [2.05, 4.69) is 20.2 Å². The van der Waals surface area contributed by atoms with Crippen molar-refractivity contribution in [3.63, 3.8) is 0 Å². The van der Waals surface area contributed by atoms with Gasteiger partial charge in [-0.2, -0.15) is 0 Å². The standard InChI is InChI=1S/C22H20ClN5O3S/c1-14-6-5-7-16(12-14)27-32(30,31)17-9-10-19(23)18(13-17)22(29)24-15(2)21-26-25-20-8-3-4-11-28(20)21/h3-13,15,27H,1-2H3,(H,24,29). The normalized spacial score (nSPS) is 12.5. The predicted molar refractivity (Wildman–Crippen MR) is 122 cm³/mol. The maximum absolute atomic E-state index is 12.9. The zero-order chi connectivity index (χ0) is 22.9. The molecule has 1 atom stereocenters. The predicted octanol–water partition coefficient (Wildman–Crippen LogP) is 3.98. The molecule has 0 saturated heterocycles. The van der Waals surface area contributed by atoms with Crippen molar-refractivity contribution in [2.24, 2.45) is 0 Å². The summed E-state index contributed by atoms with van der Waals surface area (Å²) in [4.78, 5) is 12.8. The molecule has 32 heavy (non-hydrogen) atoms. The molecule has 2 aromatic carbocycles. The molecule has 1 unspecified atom stereocenters. The summed E-state index contributed by atoms with van der Waals surface area (Å²) in [6.45, 7) is 3.62. The number of carbonyl (C=O) groups is 1. The number of nitrogens with zero attached hydrogens (tertiary/aromatic N) is 3. The molecule has 0 aliphatic carbocycles. The third-order valence-corrected chi connectivity index (χ3v) is 6.55. The van der Waals surface area contributed by atoms with Crippen molar-refractivity contribution < 1.29 is 13.2 Å². The molecule has 2 aromatic heterocycles. The van der Waals surface area contributed by atoms with Gasteiger partial charge in [-0.1, -0.05) is 29.8 Å². The number of fused-ring (bicyclic) bond motifs is 1. The first kappa shape index (κ1) is 21.8. The molecule has 0 bridgehead atoms. The number of anilines is 1. The van der Waals surface area contributed by atoms with E-state index in [-0.39, 0.29) is 15.5 Å². The van der Waals surface area contributed by atoms with Crippen LogP contribution in [0.1, 0.15) is 34.7 Å². The van der Waals surface area contributed by atoms with E-state index in [0.717, 1.165) is 5.56 Å². The second-order valence-electron chi connectivity index (χ2n) is 7.30. The van der Waals surface area contributed by atoms with Gasteiger partial charge in [0.15, 0.2) is 11.5 Å². The minimum absolute atomic E-state index is 0.0412. The number of rotatable bonds is 6. The number of aromatic nitrogens is 3. The van der Waals surface area contributed by atoms with Crippen molar-refractivity contribution in [1.82, 2.24) is 19.9 Å². The van der Waals surface area contributed by atoms with Crippen molar-refractivity contribution in [2.75, 3.05) is 4.72 Å². The Balaban J connectivity index is 1.58. The molecule has 0 aliphatic heterocycles. The molecule has 2 heterocycles. The Morgan fingerprint density at radius 3 is 2.66 bits per heavy atom. The second-order valence-corrected chi connectivity index (χ2v) is 9.39. The Labute approximate surface area is 190 Å². The number of benzene rings is 2. The number of sulfonamides is 1. The highest BCUT2D eigenvalue weighted by atomic mass is 35.5. The van der Waals surface area contributed by atoms with Gasteiger partial charge in [0.25, 0.3) is 15.9 Å². The minimum Gasteiger partial charge on any atom is -0.342 e. The van der Waals surface area contributed by atoms with E-state index in [1.54, 1.807) is 41.8 Å². The highest BCUT2D eigenvalue weighted by Crippen LogP contribution is 2.24. The monoisotopic (exact) mass is 469 g/mol. The summed E-state index contributed by atoms with van der Waals surface area (Å²) in [6, 6.07) is 16.0. The number of halogens is 1. The maximum Gasteiger partial charge on any atom is 0.261 e. The zero-order valence-electron chi connectivity index (χ0n) is 17.3. The Kier molecular flexibility index (Phi) is 5.86. The molecule has 0 saturated carbocycles. The van der Waals surface area contributed by atoms with Crippen LogP contribution < -0.4 is 10.0 Å². The summed E-state index contributed by atoms with van der Waals surface area (Å²) < 4.78 is 30.0. The van der Waals surface area contributed by atoms with Crippen LogP contribution in [0.25, 0.3) is 5.65 Å². The van der Waals surface area contributed by atoms with Gasteiger partial charge in [-0.3, -0.25) is 13.9 Å². The Morgan fingerprint density at radius 2 is 1.88 bits per heavy atom. The number of hydrogen-bond donors (Lipinski definition) is 2. The third-order valence-electron chi connectivity index (χ3n) is 4.84. The van der Waals surface area contributed by atoms with Crippen LogP contribution >= 0.6 is 11.6 Å². The minimum atomic E-state index is -3.92. The summed E-state index contributed by atoms with van der Waals surface area (Å²) in [5.41, 5.74) is 2.03. The smallest absolute Gasteiger partial charge is 0.261 e. The molecule has 0 aliphatic rings. The van der Waals surface area contributed by atoms with Crippen LogP contribution in [-0.4, -0.2) is 28.9 Å². The first-order valence-electron chi connectivity index (χ1n) is 9.74. The second kappa shape index (κ2) is 8.60. The molecule has 4 rings (SSSR count). The average molecular weight is 470 g/mol. The summed E-state index contributed by atoms with van der Waals surface area (Å²) in [5, 5.41) is 11.2. The fraction of sp³-hybridized carbons (Fsp3) is 0.136. The quantitative estimate of drug-likeness (QED) is 0.444. The van der Waals surface area contributed by atoms with Crippen LogP contribution in [0.3, 0.4) is 0 Å². The van der Waals surface area contributed by atoms with Gasteiger partial charge in [0.05, 0.1) is 21.5 Å². The van der Waals surface area contributed by atoms with Crippen molar-refractivity contribution in [3.05, 3.63) is 88.8 Å². The first-order chi connectivity index (χ1) is 15.2. The molecule has 0 fully saturated rings. The van der Waals surface area contributed by atoms with Gasteiger partial charge in [-0.15, -0.1) is 10.2 Å². The molecule has 164 valence electrons. The average Bonchev–Trinajstić information content (AvgIpc) is 3.18. The van der Waals surface area contributed by atoms with Crippen molar-refractivity contribution >= 4 is 38.9 Å². The van der Waals surface area contributed by atoms with E-state index >= 15 is 0 Å². The van der Waals surface area contributed by atoms with Crippen LogP contribution in [-0.2, 0) is 10.0 Å². The molecule has 0 radical (unpaired) electrons. The Morgan fingerprint density at radius 1 is 1.06 bits per heavy atom. The summed E-state index contributed by atoms with van der Waals surface area (Å²) in [5.74, 6) is 0.0118. The number of pyridine rings is 1. The molecule has 8 nitrogen and oxygen atoms in total. The van der Waals surface area contributed by atoms with Crippen molar-refractivity contribution in [2.45, 2.75) is 24.8 Å². The SMILES string of the molecule is Cc1cccc(NS(=O)(=O)c2ccc(Cl)c(C(=O)NC(C)c3nnc4ccccn34)c2)c1. The molecule has 2 N–H and O–H groups in total. The fourth-order valence-electron chi connectivity index (χ4n) is 3.26. The van der Waals surface area contributed by atoms with E-state index in [1.165, 1.54) is 18.2 Å². The van der Waals surface area contributed by atoms with E-state index < -0.39 is 22.0 Å². The van der Waals surface area contributed by atoms with Gasteiger partial charge in [0, 0.05) is 11.9 Å². The highest BCUT2D eigenvalue weighted by Gasteiger charge is 2.22. The lowest BCUT2D eigenvalue weighted by atomic mass is 10.2.